The van der Waals surface area contributed by atoms with Crippen molar-refractivity contribution in [2.45, 2.75) is 72.4 Å². The lowest BCUT2D eigenvalue weighted by atomic mass is 10.1. The standard InChI is InChI=1S/C20H29N3O5/c1-5-7-8-9-10-13(3)22-15(24)11-23-12-21-18-17(19(23)25)16(14(4)28-18)20(26)27-6-2/h12-13H,5-11H2,1-4H3,(H,22,24)/t13-/m0/s1. The third-order valence-electron chi connectivity index (χ3n) is 4.55. The molecule has 1 amide bonds. The van der Waals surface area contributed by atoms with Gasteiger partial charge >= 0.3 is 5.97 Å². The minimum Gasteiger partial charge on any atom is -0.462 e. The molecule has 0 bridgehead atoms. The van der Waals surface area contributed by atoms with Crippen molar-refractivity contribution >= 4 is 23.0 Å². The highest BCUT2D eigenvalue weighted by Gasteiger charge is 2.24. The predicted molar refractivity (Wildman–Crippen MR) is 105 cm³/mol. The van der Waals surface area contributed by atoms with Crippen LogP contribution in [0.2, 0.25) is 0 Å². The van der Waals surface area contributed by atoms with Crippen LogP contribution in [0.15, 0.2) is 15.5 Å². The topological polar surface area (TPSA) is 103 Å². The molecular weight excluding hydrogens is 362 g/mol. The van der Waals surface area contributed by atoms with Gasteiger partial charge in [-0.2, -0.15) is 0 Å². The lowest BCUT2D eigenvalue weighted by molar-refractivity contribution is -0.122. The number of esters is 1. The first-order valence-electron chi connectivity index (χ1n) is 9.84. The van der Waals surface area contributed by atoms with Crippen LogP contribution in [0.5, 0.6) is 0 Å². The fraction of sp³-hybridized carbons (Fsp3) is 0.600. The number of unbranched alkanes of at least 4 members (excludes halogenated alkanes) is 3. The second-order valence-electron chi connectivity index (χ2n) is 6.93. The number of nitrogens with zero attached hydrogens (tertiary/aromatic N) is 2. The maximum atomic E-state index is 12.8. The fourth-order valence-electron chi connectivity index (χ4n) is 3.12. The highest BCUT2D eigenvalue weighted by atomic mass is 16.5. The van der Waals surface area contributed by atoms with Gasteiger partial charge in [0.2, 0.25) is 11.6 Å². The van der Waals surface area contributed by atoms with Gasteiger partial charge in [-0.1, -0.05) is 32.6 Å². The molecule has 1 atom stereocenters. The van der Waals surface area contributed by atoms with Crippen molar-refractivity contribution in [3.63, 3.8) is 0 Å². The summed E-state index contributed by atoms with van der Waals surface area (Å²) in [5.41, 5.74) is -0.379. The maximum absolute atomic E-state index is 12.8. The number of aryl methyl sites for hydroxylation is 1. The van der Waals surface area contributed by atoms with E-state index in [-0.39, 0.29) is 47.5 Å². The molecule has 0 radical (unpaired) electrons. The number of carbonyl (C=O) groups is 2. The molecule has 2 heterocycles. The zero-order chi connectivity index (χ0) is 20.7. The summed E-state index contributed by atoms with van der Waals surface area (Å²) in [4.78, 5) is 41.4. The molecule has 0 saturated heterocycles. The summed E-state index contributed by atoms with van der Waals surface area (Å²) in [7, 11) is 0. The molecule has 8 nitrogen and oxygen atoms in total. The van der Waals surface area contributed by atoms with Crippen LogP contribution in [-0.2, 0) is 16.1 Å². The van der Waals surface area contributed by atoms with E-state index in [2.05, 4.69) is 17.2 Å². The Kier molecular flexibility index (Phi) is 7.78. The van der Waals surface area contributed by atoms with Crippen LogP contribution in [0.3, 0.4) is 0 Å². The van der Waals surface area contributed by atoms with Gasteiger partial charge in [-0.3, -0.25) is 14.2 Å². The second-order valence-corrected chi connectivity index (χ2v) is 6.93. The lowest BCUT2D eigenvalue weighted by Crippen LogP contribution is -2.37. The van der Waals surface area contributed by atoms with Crippen LogP contribution in [0.25, 0.3) is 11.1 Å². The number of hydrogen-bond donors (Lipinski definition) is 1. The number of hydrogen-bond acceptors (Lipinski definition) is 6. The largest absolute Gasteiger partial charge is 0.462 e. The van der Waals surface area contributed by atoms with Crippen molar-refractivity contribution in [1.82, 2.24) is 14.9 Å². The zero-order valence-corrected chi connectivity index (χ0v) is 17.0. The van der Waals surface area contributed by atoms with Crippen molar-refractivity contribution in [1.29, 1.82) is 0 Å². The van der Waals surface area contributed by atoms with Gasteiger partial charge in [0, 0.05) is 6.04 Å². The monoisotopic (exact) mass is 391 g/mol. The van der Waals surface area contributed by atoms with E-state index in [9.17, 15) is 14.4 Å². The van der Waals surface area contributed by atoms with Crippen molar-refractivity contribution in [3.8, 4) is 0 Å². The summed E-state index contributed by atoms with van der Waals surface area (Å²) in [6.07, 6.45) is 6.71. The van der Waals surface area contributed by atoms with E-state index in [0.29, 0.717) is 0 Å². The molecule has 0 saturated carbocycles. The van der Waals surface area contributed by atoms with E-state index in [1.807, 2.05) is 6.92 Å². The molecule has 0 aliphatic rings. The van der Waals surface area contributed by atoms with Gasteiger partial charge in [-0.05, 0) is 27.2 Å². The van der Waals surface area contributed by atoms with E-state index in [1.54, 1.807) is 13.8 Å². The Hall–Kier alpha value is -2.64. The molecule has 2 aromatic heterocycles. The molecule has 2 aromatic rings. The summed E-state index contributed by atoms with van der Waals surface area (Å²) in [5.74, 6) is -0.648. The molecule has 0 aliphatic carbocycles. The molecule has 154 valence electrons. The highest BCUT2D eigenvalue weighted by Crippen LogP contribution is 2.21. The molecule has 0 aromatic carbocycles. The Balaban J connectivity index is 2.14. The highest BCUT2D eigenvalue weighted by molar-refractivity contribution is 6.03. The number of rotatable bonds is 10. The van der Waals surface area contributed by atoms with E-state index in [4.69, 9.17) is 9.15 Å². The minimum atomic E-state index is -0.638. The number of fused-ring (bicyclic) bond motifs is 1. The normalized spacial score (nSPS) is 12.1. The molecule has 0 unspecified atom stereocenters. The van der Waals surface area contributed by atoms with Crippen LogP contribution in [0.1, 0.15) is 69.0 Å². The molecule has 0 fully saturated rings. The number of aromatic nitrogens is 2. The molecule has 0 spiro atoms. The van der Waals surface area contributed by atoms with Crippen LogP contribution >= 0.6 is 0 Å². The molecular formula is C20H29N3O5. The first-order chi connectivity index (χ1) is 13.4. The summed E-state index contributed by atoms with van der Waals surface area (Å²) >= 11 is 0. The van der Waals surface area contributed by atoms with Gasteiger partial charge in [0.05, 0.1) is 6.61 Å². The van der Waals surface area contributed by atoms with Gasteiger partial charge in [0.15, 0.2) is 0 Å². The number of furan rings is 1. The number of carbonyl (C=O) groups excluding carboxylic acids is 2. The minimum absolute atomic E-state index is 0.0306. The smallest absolute Gasteiger partial charge is 0.342 e. The van der Waals surface area contributed by atoms with Gasteiger partial charge in [-0.25, -0.2) is 9.78 Å². The Morgan fingerprint density at radius 2 is 2.04 bits per heavy atom. The maximum Gasteiger partial charge on any atom is 0.342 e. The Bertz CT molecular complexity index is 884. The van der Waals surface area contributed by atoms with Crippen LogP contribution in [0.4, 0.5) is 0 Å². The summed E-state index contributed by atoms with van der Waals surface area (Å²) < 4.78 is 11.6. The summed E-state index contributed by atoms with van der Waals surface area (Å²) in [6, 6.07) is 0.0306. The van der Waals surface area contributed by atoms with E-state index >= 15 is 0 Å². The van der Waals surface area contributed by atoms with Crippen LogP contribution in [0, 0.1) is 6.92 Å². The Morgan fingerprint density at radius 1 is 1.29 bits per heavy atom. The van der Waals surface area contributed by atoms with E-state index in [1.165, 1.54) is 23.7 Å². The average Bonchev–Trinajstić information content (AvgIpc) is 2.98. The number of ether oxygens (including phenoxy) is 1. The van der Waals surface area contributed by atoms with Crippen LogP contribution < -0.4 is 10.9 Å². The van der Waals surface area contributed by atoms with Crippen LogP contribution in [-0.4, -0.2) is 34.1 Å². The summed E-state index contributed by atoms with van der Waals surface area (Å²) in [6.45, 7) is 7.37. The quantitative estimate of drug-likeness (QED) is 0.493. The van der Waals surface area contributed by atoms with Gasteiger partial charge in [0.1, 0.15) is 29.6 Å². The SMILES string of the molecule is CCCCCC[C@H](C)NC(=O)Cn1cnc2oc(C)c(C(=O)OCC)c2c1=O. The predicted octanol–water partition coefficient (Wildman–Crippen LogP) is 2.95. The van der Waals surface area contributed by atoms with Gasteiger partial charge in [-0.15, -0.1) is 0 Å². The second kappa shape index (κ2) is 10.1. The Labute approximate surface area is 164 Å². The van der Waals surface area contributed by atoms with Crippen molar-refractivity contribution in [3.05, 3.63) is 28.0 Å². The molecule has 1 N–H and O–H groups in total. The van der Waals surface area contributed by atoms with Crippen molar-refractivity contribution in [2.75, 3.05) is 6.61 Å². The number of amides is 1. The zero-order valence-electron chi connectivity index (χ0n) is 17.0. The number of nitrogens with one attached hydrogen (secondary N) is 1. The third-order valence-corrected chi connectivity index (χ3v) is 4.55. The van der Waals surface area contributed by atoms with E-state index < -0.39 is 11.5 Å². The van der Waals surface area contributed by atoms with Crippen molar-refractivity contribution < 1.29 is 18.7 Å². The third kappa shape index (κ3) is 5.21. The first kappa shape index (κ1) is 21.7. The molecule has 2 rings (SSSR count). The van der Waals surface area contributed by atoms with Gasteiger partial charge < -0.3 is 14.5 Å². The Morgan fingerprint density at radius 3 is 2.71 bits per heavy atom. The van der Waals surface area contributed by atoms with Crippen molar-refractivity contribution in [2.24, 2.45) is 0 Å². The molecule has 8 heteroatoms. The fourth-order valence-corrected chi connectivity index (χ4v) is 3.12. The lowest BCUT2D eigenvalue weighted by Gasteiger charge is -2.14. The summed E-state index contributed by atoms with van der Waals surface area (Å²) in [5, 5.41) is 2.94. The molecule has 28 heavy (non-hydrogen) atoms. The molecule has 0 aliphatic heterocycles. The van der Waals surface area contributed by atoms with E-state index in [0.717, 1.165) is 19.3 Å². The first-order valence-corrected chi connectivity index (χ1v) is 9.84. The van der Waals surface area contributed by atoms with Gasteiger partial charge in [0.25, 0.3) is 5.56 Å². The average molecular weight is 391 g/mol.